The predicted octanol–water partition coefficient (Wildman–Crippen LogP) is 2.65. The lowest BCUT2D eigenvalue weighted by Crippen LogP contribution is -2.32. The van der Waals surface area contributed by atoms with Crippen molar-refractivity contribution in [2.45, 2.75) is 13.3 Å². The number of benzene rings is 1. The number of hydrogen-bond acceptors (Lipinski definition) is 3. The molecule has 5 nitrogen and oxygen atoms in total. The van der Waals surface area contributed by atoms with E-state index >= 15 is 0 Å². The van der Waals surface area contributed by atoms with Gasteiger partial charge < -0.3 is 15.1 Å². The molecule has 0 unspecified atom stereocenters. The summed E-state index contributed by atoms with van der Waals surface area (Å²) in [5, 5.41) is 0. The molecule has 2 amide bonds. The zero-order valence-corrected chi connectivity index (χ0v) is 12.7. The molecule has 120 valence electrons. The van der Waals surface area contributed by atoms with Crippen LogP contribution in [0.4, 0.5) is 10.1 Å². The van der Waals surface area contributed by atoms with Crippen LogP contribution in [0.2, 0.25) is 0 Å². The van der Waals surface area contributed by atoms with Gasteiger partial charge >= 0.3 is 0 Å². The first-order valence-corrected chi connectivity index (χ1v) is 7.05. The van der Waals surface area contributed by atoms with Crippen molar-refractivity contribution in [2.75, 3.05) is 11.4 Å². The monoisotopic (exact) mass is 316 g/mol. The van der Waals surface area contributed by atoms with Crippen molar-refractivity contribution in [3.05, 3.63) is 59.8 Å². The lowest BCUT2D eigenvalue weighted by Gasteiger charge is -2.20. The Bertz CT molecular complexity index is 720. The van der Waals surface area contributed by atoms with Crippen molar-refractivity contribution in [1.29, 1.82) is 0 Å². The summed E-state index contributed by atoms with van der Waals surface area (Å²) in [5.41, 5.74) is 5.63. The SMILES string of the molecule is Cc1ccc(/C=C/C(=O)N(CCC(N)=O)c2ccc(F)cc2)o1. The number of nitrogens with zero attached hydrogens (tertiary/aromatic N) is 1. The number of amides is 2. The normalized spacial score (nSPS) is 10.9. The molecule has 0 saturated carbocycles. The largest absolute Gasteiger partial charge is 0.462 e. The third kappa shape index (κ3) is 4.81. The second kappa shape index (κ2) is 7.40. The van der Waals surface area contributed by atoms with E-state index in [-0.39, 0.29) is 18.9 Å². The summed E-state index contributed by atoms with van der Waals surface area (Å²) < 4.78 is 18.4. The van der Waals surface area contributed by atoms with Gasteiger partial charge in [-0.1, -0.05) is 0 Å². The first-order valence-electron chi connectivity index (χ1n) is 7.05. The van der Waals surface area contributed by atoms with Gasteiger partial charge in [0.1, 0.15) is 17.3 Å². The molecule has 2 rings (SSSR count). The van der Waals surface area contributed by atoms with Crippen LogP contribution in [0.25, 0.3) is 6.08 Å². The van der Waals surface area contributed by atoms with Gasteiger partial charge in [0.25, 0.3) is 5.91 Å². The molecule has 0 atom stereocenters. The Morgan fingerprint density at radius 1 is 1.22 bits per heavy atom. The zero-order valence-electron chi connectivity index (χ0n) is 12.7. The minimum absolute atomic E-state index is 0.0107. The third-order valence-electron chi connectivity index (χ3n) is 3.14. The average molecular weight is 316 g/mol. The molecule has 0 radical (unpaired) electrons. The number of nitrogens with two attached hydrogens (primary N) is 1. The molecule has 2 aromatic rings. The van der Waals surface area contributed by atoms with Crippen molar-refractivity contribution in [2.24, 2.45) is 5.73 Å². The summed E-state index contributed by atoms with van der Waals surface area (Å²) in [6.45, 7) is 1.91. The molecule has 0 fully saturated rings. The van der Waals surface area contributed by atoms with Crippen LogP contribution in [0.3, 0.4) is 0 Å². The number of carbonyl (C=O) groups is 2. The highest BCUT2D eigenvalue weighted by Crippen LogP contribution is 2.17. The van der Waals surface area contributed by atoms with Crippen LogP contribution in [0, 0.1) is 12.7 Å². The standard InChI is InChI=1S/C17H17FN2O3/c1-12-2-7-15(23-12)8-9-17(22)20(11-10-16(19)21)14-5-3-13(18)4-6-14/h2-9H,10-11H2,1H3,(H2,19,21)/b9-8+. The van der Waals surface area contributed by atoms with Gasteiger partial charge in [0, 0.05) is 24.7 Å². The van der Waals surface area contributed by atoms with E-state index in [1.165, 1.54) is 41.3 Å². The number of primary amides is 1. The van der Waals surface area contributed by atoms with Crippen molar-refractivity contribution in [3.63, 3.8) is 0 Å². The van der Waals surface area contributed by atoms with Gasteiger partial charge in [0.15, 0.2) is 0 Å². The molecule has 1 aromatic heterocycles. The van der Waals surface area contributed by atoms with Crippen LogP contribution in [-0.2, 0) is 9.59 Å². The molecule has 6 heteroatoms. The molecule has 0 aliphatic rings. The van der Waals surface area contributed by atoms with Gasteiger partial charge in [0.05, 0.1) is 0 Å². The molecule has 0 bridgehead atoms. The van der Waals surface area contributed by atoms with E-state index in [9.17, 15) is 14.0 Å². The number of rotatable bonds is 6. The molecular weight excluding hydrogens is 299 g/mol. The Morgan fingerprint density at radius 2 is 1.91 bits per heavy atom. The van der Waals surface area contributed by atoms with Crippen LogP contribution in [0.1, 0.15) is 17.9 Å². The highest BCUT2D eigenvalue weighted by Gasteiger charge is 2.14. The fraction of sp³-hybridized carbons (Fsp3) is 0.176. The first-order chi connectivity index (χ1) is 11.0. The molecule has 1 heterocycles. The van der Waals surface area contributed by atoms with Crippen molar-refractivity contribution < 1.29 is 18.4 Å². The topological polar surface area (TPSA) is 76.5 Å². The summed E-state index contributed by atoms with van der Waals surface area (Å²) >= 11 is 0. The average Bonchev–Trinajstić information content (AvgIpc) is 2.92. The van der Waals surface area contributed by atoms with E-state index in [1.54, 1.807) is 19.1 Å². The molecule has 0 aliphatic heterocycles. The highest BCUT2D eigenvalue weighted by atomic mass is 19.1. The maximum Gasteiger partial charge on any atom is 0.251 e. The van der Waals surface area contributed by atoms with Gasteiger partial charge in [-0.15, -0.1) is 0 Å². The number of carbonyl (C=O) groups excluding carboxylic acids is 2. The number of hydrogen-bond donors (Lipinski definition) is 1. The van der Waals surface area contributed by atoms with Gasteiger partial charge in [-0.25, -0.2) is 4.39 Å². The van der Waals surface area contributed by atoms with Gasteiger partial charge in [-0.2, -0.15) is 0 Å². The Kier molecular flexibility index (Phi) is 5.30. The smallest absolute Gasteiger partial charge is 0.251 e. The van der Waals surface area contributed by atoms with Crippen LogP contribution >= 0.6 is 0 Å². The van der Waals surface area contributed by atoms with Crippen LogP contribution in [0.5, 0.6) is 0 Å². The van der Waals surface area contributed by atoms with Crippen LogP contribution < -0.4 is 10.6 Å². The minimum Gasteiger partial charge on any atom is -0.462 e. The third-order valence-corrected chi connectivity index (χ3v) is 3.14. The lowest BCUT2D eigenvalue weighted by molar-refractivity contribution is -0.118. The van der Waals surface area contributed by atoms with E-state index in [2.05, 4.69) is 0 Å². The Hall–Kier alpha value is -2.89. The summed E-state index contributed by atoms with van der Waals surface area (Å²) in [6, 6.07) is 8.97. The first kappa shape index (κ1) is 16.5. The van der Waals surface area contributed by atoms with Crippen molar-refractivity contribution >= 4 is 23.6 Å². The Morgan fingerprint density at radius 3 is 2.48 bits per heavy atom. The molecule has 0 aliphatic carbocycles. The molecule has 1 aromatic carbocycles. The zero-order chi connectivity index (χ0) is 16.8. The molecular formula is C17H17FN2O3. The molecule has 23 heavy (non-hydrogen) atoms. The highest BCUT2D eigenvalue weighted by molar-refractivity contribution is 6.04. The summed E-state index contributed by atoms with van der Waals surface area (Å²) in [5.74, 6) is 0.00569. The Labute approximate surface area is 133 Å². The Balaban J connectivity index is 2.17. The van der Waals surface area contributed by atoms with Crippen LogP contribution in [0.15, 0.2) is 46.9 Å². The van der Waals surface area contributed by atoms with Crippen molar-refractivity contribution in [1.82, 2.24) is 0 Å². The predicted molar refractivity (Wildman–Crippen MR) is 85.0 cm³/mol. The molecule has 2 N–H and O–H groups in total. The van der Waals surface area contributed by atoms with Gasteiger partial charge in [-0.05, 0) is 49.4 Å². The lowest BCUT2D eigenvalue weighted by atomic mass is 10.2. The van der Waals surface area contributed by atoms with E-state index in [0.29, 0.717) is 11.4 Å². The van der Waals surface area contributed by atoms with E-state index in [0.717, 1.165) is 5.76 Å². The summed E-state index contributed by atoms with van der Waals surface area (Å²) in [7, 11) is 0. The van der Waals surface area contributed by atoms with E-state index in [1.807, 2.05) is 0 Å². The number of halogens is 1. The summed E-state index contributed by atoms with van der Waals surface area (Å²) in [4.78, 5) is 24.7. The summed E-state index contributed by atoms with van der Waals surface area (Å²) in [6.07, 6.45) is 2.88. The fourth-order valence-corrected chi connectivity index (χ4v) is 2.00. The second-order valence-corrected chi connectivity index (χ2v) is 4.96. The second-order valence-electron chi connectivity index (χ2n) is 4.96. The maximum absolute atomic E-state index is 13.0. The van der Waals surface area contributed by atoms with E-state index in [4.69, 9.17) is 10.2 Å². The van der Waals surface area contributed by atoms with Crippen molar-refractivity contribution in [3.8, 4) is 0 Å². The number of furan rings is 1. The molecule has 0 spiro atoms. The number of aryl methyl sites for hydroxylation is 1. The number of anilines is 1. The van der Waals surface area contributed by atoms with Gasteiger partial charge in [-0.3, -0.25) is 9.59 Å². The van der Waals surface area contributed by atoms with Crippen LogP contribution in [-0.4, -0.2) is 18.4 Å². The van der Waals surface area contributed by atoms with Gasteiger partial charge in [0.2, 0.25) is 5.91 Å². The fourth-order valence-electron chi connectivity index (χ4n) is 2.00. The van der Waals surface area contributed by atoms with E-state index < -0.39 is 11.7 Å². The maximum atomic E-state index is 13.0. The minimum atomic E-state index is -0.518. The molecule has 0 saturated heterocycles. The quantitative estimate of drug-likeness (QED) is 0.832.